The van der Waals surface area contributed by atoms with E-state index in [2.05, 4.69) is 33.2 Å². The number of rotatable bonds is 6. The van der Waals surface area contributed by atoms with E-state index in [4.69, 9.17) is 0 Å². The van der Waals surface area contributed by atoms with E-state index < -0.39 is 0 Å². The highest BCUT2D eigenvalue weighted by molar-refractivity contribution is 9.10. The maximum absolute atomic E-state index is 13.3. The van der Waals surface area contributed by atoms with Gasteiger partial charge in [0.25, 0.3) is 0 Å². The van der Waals surface area contributed by atoms with Gasteiger partial charge in [-0.25, -0.2) is 4.39 Å². The highest BCUT2D eigenvalue weighted by Crippen LogP contribution is 2.21. The summed E-state index contributed by atoms with van der Waals surface area (Å²) in [5, 5.41) is 3.47. The van der Waals surface area contributed by atoms with Gasteiger partial charge in [0, 0.05) is 25.7 Å². The smallest absolute Gasteiger partial charge is 0.137 e. The van der Waals surface area contributed by atoms with Crippen molar-refractivity contribution in [1.82, 2.24) is 10.2 Å². The van der Waals surface area contributed by atoms with Gasteiger partial charge in [-0.2, -0.15) is 0 Å². The molecule has 0 heterocycles. The van der Waals surface area contributed by atoms with Crippen molar-refractivity contribution in [1.29, 1.82) is 0 Å². The van der Waals surface area contributed by atoms with Gasteiger partial charge >= 0.3 is 0 Å². The second-order valence-electron chi connectivity index (χ2n) is 4.68. The van der Waals surface area contributed by atoms with Gasteiger partial charge in [-0.3, -0.25) is 0 Å². The fraction of sp³-hybridized carbons (Fsp3) is 0.538. The van der Waals surface area contributed by atoms with Gasteiger partial charge in [0.2, 0.25) is 0 Å². The molecule has 94 valence electrons. The van der Waals surface area contributed by atoms with Crippen LogP contribution in [-0.2, 0) is 6.54 Å². The zero-order valence-corrected chi connectivity index (χ0v) is 11.6. The van der Waals surface area contributed by atoms with Gasteiger partial charge in [0.05, 0.1) is 4.47 Å². The van der Waals surface area contributed by atoms with Crippen molar-refractivity contribution in [3.8, 4) is 0 Å². The summed E-state index contributed by atoms with van der Waals surface area (Å²) in [6, 6.07) is 5.94. The Bertz CT molecular complexity index is 380. The fourth-order valence-corrected chi connectivity index (χ4v) is 2.18. The molecule has 1 aliphatic rings. The molecule has 0 unspecified atom stereocenters. The van der Waals surface area contributed by atoms with E-state index in [1.54, 1.807) is 6.07 Å². The van der Waals surface area contributed by atoms with E-state index in [9.17, 15) is 4.39 Å². The molecule has 0 aliphatic heterocycles. The first-order valence-corrected chi connectivity index (χ1v) is 6.81. The van der Waals surface area contributed by atoms with Crippen LogP contribution in [0.25, 0.3) is 0 Å². The largest absolute Gasteiger partial charge is 0.313 e. The molecule has 4 heteroatoms. The minimum absolute atomic E-state index is 0.188. The minimum Gasteiger partial charge on any atom is -0.313 e. The maximum atomic E-state index is 13.3. The highest BCUT2D eigenvalue weighted by Gasteiger charge is 2.19. The summed E-state index contributed by atoms with van der Waals surface area (Å²) in [4.78, 5) is 2.20. The molecule has 0 spiro atoms. The Morgan fingerprint density at radius 1 is 1.47 bits per heavy atom. The Morgan fingerprint density at radius 3 is 2.94 bits per heavy atom. The molecule has 2 rings (SSSR count). The third kappa shape index (κ3) is 4.05. The SMILES string of the molecule is CN(CCNC1CC1)Cc1cccc(F)c1Br. The molecule has 0 radical (unpaired) electrons. The van der Waals surface area contributed by atoms with Gasteiger partial charge in [-0.15, -0.1) is 0 Å². The van der Waals surface area contributed by atoms with E-state index in [1.807, 2.05) is 6.07 Å². The van der Waals surface area contributed by atoms with Crippen LogP contribution in [0.15, 0.2) is 22.7 Å². The summed E-state index contributed by atoms with van der Waals surface area (Å²) >= 11 is 3.29. The molecule has 0 saturated heterocycles. The van der Waals surface area contributed by atoms with E-state index in [0.29, 0.717) is 4.47 Å². The van der Waals surface area contributed by atoms with Gasteiger partial charge in [0.1, 0.15) is 5.82 Å². The molecule has 0 bridgehead atoms. The van der Waals surface area contributed by atoms with Crippen LogP contribution < -0.4 is 5.32 Å². The zero-order chi connectivity index (χ0) is 12.3. The van der Waals surface area contributed by atoms with Gasteiger partial charge in [-0.1, -0.05) is 12.1 Å². The first-order valence-electron chi connectivity index (χ1n) is 6.01. The summed E-state index contributed by atoms with van der Waals surface area (Å²) in [5.41, 5.74) is 0.999. The monoisotopic (exact) mass is 300 g/mol. The van der Waals surface area contributed by atoms with Crippen molar-refractivity contribution in [3.63, 3.8) is 0 Å². The Morgan fingerprint density at radius 2 is 2.24 bits per heavy atom. The molecule has 1 aliphatic carbocycles. The number of hydrogen-bond donors (Lipinski definition) is 1. The summed E-state index contributed by atoms with van der Waals surface area (Å²) in [5.74, 6) is -0.188. The molecule has 1 fully saturated rings. The molecular formula is C13H18BrFN2. The lowest BCUT2D eigenvalue weighted by Gasteiger charge is -2.18. The van der Waals surface area contributed by atoms with Crippen molar-refractivity contribution < 1.29 is 4.39 Å². The van der Waals surface area contributed by atoms with Crippen LogP contribution in [0.4, 0.5) is 4.39 Å². The van der Waals surface area contributed by atoms with E-state index in [1.165, 1.54) is 18.9 Å². The predicted octanol–water partition coefficient (Wildman–Crippen LogP) is 2.77. The third-order valence-electron chi connectivity index (χ3n) is 2.98. The molecule has 1 aromatic rings. The Kier molecular flexibility index (Phi) is 4.54. The molecule has 0 atom stereocenters. The maximum Gasteiger partial charge on any atom is 0.137 e. The fourth-order valence-electron chi connectivity index (χ4n) is 1.79. The molecule has 0 amide bonds. The van der Waals surface area contributed by atoms with Crippen LogP contribution in [0, 0.1) is 5.82 Å². The van der Waals surface area contributed by atoms with Crippen molar-refractivity contribution in [2.75, 3.05) is 20.1 Å². The average molecular weight is 301 g/mol. The molecule has 1 aromatic carbocycles. The molecule has 2 nitrogen and oxygen atoms in total. The molecule has 0 aromatic heterocycles. The Hall–Kier alpha value is -0.450. The van der Waals surface area contributed by atoms with E-state index in [0.717, 1.165) is 31.2 Å². The lowest BCUT2D eigenvalue weighted by Crippen LogP contribution is -2.30. The lowest BCUT2D eigenvalue weighted by atomic mass is 10.2. The summed E-state index contributed by atoms with van der Waals surface area (Å²) in [6.07, 6.45) is 2.64. The molecule has 1 saturated carbocycles. The van der Waals surface area contributed by atoms with Crippen LogP contribution in [0.2, 0.25) is 0 Å². The number of nitrogens with one attached hydrogen (secondary N) is 1. The standard InChI is InChI=1S/C13H18BrFN2/c1-17(8-7-16-11-5-6-11)9-10-3-2-4-12(15)13(10)14/h2-4,11,16H,5-9H2,1H3. The topological polar surface area (TPSA) is 15.3 Å². The second-order valence-corrected chi connectivity index (χ2v) is 5.47. The zero-order valence-electron chi connectivity index (χ0n) is 10.0. The molecular weight excluding hydrogens is 283 g/mol. The lowest BCUT2D eigenvalue weighted by molar-refractivity contribution is 0.323. The van der Waals surface area contributed by atoms with Gasteiger partial charge in [-0.05, 0) is 47.4 Å². The Labute approximate surface area is 110 Å². The number of likely N-dealkylation sites (N-methyl/N-ethyl adjacent to an activating group) is 1. The third-order valence-corrected chi connectivity index (χ3v) is 3.86. The predicted molar refractivity (Wildman–Crippen MR) is 71.5 cm³/mol. The van der Waals surface area contributed by atoms with Crippen LogP contribution in [0.3, 0.4) is 0 Å². The van der Waals surface area contributed by atoms with Crippen LogP contribution >= 0.6 is 15.9 Å². The van der Waals surface area contributed by atoms with E-state index >= 15 is 0 Å². The van der Waals surface area contributed by atoms with Crippen molar-refractivity contribution in [2.45, 2.75) is 25.4 Å². The Balaban J connectivity index is 1.79. The van der Waals surface area contributed by atoms with Crippen LogP contribution in [-0.4, -0.2) is 31.1 Å². The second kappa shape index (κ2) is 5.94. The minimum atomic E-state index is -0.188. The number of hydrogen-bond acceptors (Lipinski definition) is 2. The normalized spacial score (nSPS) is 15.5. The number of nitrogens with zero attached hydrogens (tertiary/aromatic N) is 1. The summed E-state index contributed by atoms with van der Waals surface area (Å²) in [7, 11) is 2.06. The summed E-state index contributed by atoms with van der Waals surface area (Å²) < 4.78 is 13.9. The molecule has 1 N–H and O–H groups in total. The van der Waals surface area contributed by atoms with Gasteiger partial charge < -0.3 is 10.2 Å². The summed E-state index contributed by atoms with van der Waals surface area (Å²) in [6.45, 7) is 2.76. The van der Waals surface area contributed by atoms with E-state index in [-0.39, 0.29) is 5.82 Å². The van der Waals surface area contributed by atoms with Crippen LogP contribution in [0.5, 0.6) is 0 Å². The highest BCUT2D eigenvalue weighted by atomic mass is 79.9. The first-order chi connectivity index (χ1) is 8.16. The molecule has 17 heavy (non-hydrogen) atoms. The first kappa shape index (κ1) is 13.0. The van der Waals surface area contributed by atoms with Gasteiger partial charge in [0.15, 0.2) is 0 Å². The van der Waals surface area contributed by atoms with Crippen molar-refractivity contribution in [3.05, 3.63) is 34.1 Å². The van der Waals surface area contributed by atoms with Crippen molar-refractivity contribution in [2.24, 2.45) is 0 Å². The number of benzene rings is 1. The quantitative estimate of drug-likeness (QED) is 0.869. The average Bonchev–Trinajstić information content (AvgIpc) is 3.09. The number of halogens is 2. The van der Waals surface area contributed by atoms with Crippen LogP contribution in [0.1, 0.15) is 18.4 Å². The van der Waals surface area contributed by atoms with Crippen molar-refractivity contribution >= 4 is 15.9 Å².